The number of esters is 1. The maximum absolute atomic E-state index is 11.9. The molecule has 0 N–H and O–H groups in total. The number of hydrogen-bond donors (Lipinski definition) is 0. The molecule has 2 aromatic carbocycles. The monoisotopic (exact) mass is 346 g/mol. The quantitative estimate of drug-likeness (QED) is 0.387. The van der Waals surface area contributed by atoms with E-state index in [1.807, 2.05) is 57.2 Å². The molecule has 0 spiro atoms. The normalized spacial score (nSPS) is 12.0. The fourth-order valence-electron chi connectivity index (χ4n) is 2.32. The van der Waals surface area contributed by atoms with Gasteiger partial charge in [-0.25, -0.2) is 0 Å². The maximum Gasteiger partial charge on any atom is 0.329 e. The van der Waals surface area contributed by atoms with Crippen LogP contribution in [0.25, 0.3) is 11.1 Å². The van der Waals surface area contributed by atoms with Crippen molar-refractivity contribution in [3.63, 3.8) is 0 Å². The number of carbonyl (C=O) groups excluding carboxylic acids is 1. The van der Waals surface area contributed by atoms with E-state index in [1.54, 1.807) is 12.1 Å². The summed E-state index contributed by atoms with van der Waals surface area (Å²) in [7, 11) is 0. The minimum atomic E-state index is -0.615. The smallest absolute Gasteiger partial charge is 0.329 e. The van der Waals surface area contributed by atoms with Crippen molar-refractivity contribution < 1.29 is 14.3 Å². The van der Waals surface area contributed by atoms with E-state index >= 15 is 0 Å². The van der Waals surface area contributed by atoms with Crippen LogP contribution in [-0.2, 0) is 4.79 Å². The van der Waals surface area contributed by atoms with Crippen molar-refractivity contribution in [2.45, 2.75) is 32.6 Å². The van der Waals surface area contributed by atoms with E-state index in [0.29, 0.717) is 24.7 Å². The van der Waals surface area contributed by atoms with E-state index in [9.17, 15) is 4.79 Å². The Morgan fingerprint density at radius 3 is 1.92 bits per heavy atom. The van der Waals surface area contributed by atoms with Gasteiger partial charge in [-0.3, -0.25) is 4.79 Å². The first-order chi connectivity index (χ1) is 11.5. The molecule has 0 bridgehead atoms. The summed E-state index contributed by atoms with van der Waals surface area (Å²) in [6.07, 6.45) is 0.602. The summed E-state index contributed by atoms with van der Waals surface area (Å²) in [6.45, 7) is 6.65. The third-order valence-electron chi connectivity index (χ3n) is 3.51. The van der Waals surface area contributed by atoms with Gasteiger partial charge in [0.1, 0.15) is 16.9 Å². The van der Waals surface area contributed by atoms with Crippen LogP contribution >= 0.6 is 11.6 Å². The maximum atomic E-state index is 11.9. The van der Waals surface area contributed by atoms with Crippen LogP contribution in [0.4, 0.5) is 0 Å². The molecule has 0 radical (unpaired) electrons. The molecule has 0 saturated heterocycles. The van der Waals surface area contributed by atoms with E-state index < -0.39 is 11.3 Å². The molecule has 0 fully saturated rings. The predicted molar refractivity (Wildman–Crippen MR) is 97.8 cm³/mol. The molecule has 24 heavy (non-hydrogen) atoms. The number of rotatable bonds is 7. The van der Waals surface area contributed by atoms with E-state index in [2.05, 4.69) is 0 Å². The Bertz CT molecular complexity index is 648. The van der Waals surface area contributed by atoms with E-state index in [0.717, 1.165) is 16.9 Å². The lowest BCUT2D eigenvalue weighted by Gasteiger charge is -2.12. The van der Waals surface area contributed by atoms with Crippen molar-refractivity contribution in [1.29, 1.82) is 0 Å². The lowest BCUT2D eigenvalue weighted by Crippen LogP contribution is -2.22. The number of carbonyl (C=O) groups is 1. The second-order valence-corrected chi connectivity index (χ2v) is 6.53. The van der Waals surface area contributed by atoms with Gasteiger partial charge in [0.2, 0.25) is 0 Å². The largest absolute Gasteiger partial charge is 0.494 e. The summed E-state index contributed by atoms with van der Waals surface area (Å²) in [5, 5.41) is -0.615. The Kier molecular flexibility index (Phi) is 6.68. The fraction of sp³-hybridized carbons (Fsp3) is 0.350. The van der Waals surface area contributed by atoms with E-state index in [-0.39, 0.29) is 0 Å². The van der Waals surface area contributed by atoms with Crippen molar-refractivity contribution in [2.75, 3.05) is 6.61 Å². The molecule has 0 amide bonds. The lowest BCUT2D eigenvalue weighted by molar-refractivity contribution is -0.134. The first-order valence-electron chi connectivity index (χ1n) is 8.18. The molecule has 0 aliphatic rings. The van der Waals surface area contributed by atoms with Crippen molar-refractivity contribution in [3.05, 3.63) is 48.5 Å². The summed E-state index contributed by atoms with van der Waals surface area (Å²) in [5.41, 5.74) is 2.12. The highest BCUT2D eigenvalue weighted by atomic mass is 35.5. The topological polar surface area (TPSA) is 35.5 Å². The summed E-state index contributed by atoms with van der Waals surface area (Å²) < 4.78 is 10.8. The molecule has 4 heteroatoms. The van der Waals surface area contributed by atoms with Crippen LogP contribution in [0.15, 0.2) is 48.5 Å². The van der Waals surface area contributed by atoms with Gasteiger partial charge in [0.25, 0.3) is 0 Å². The average molecular weight is 347 g/mol. The minimum absolute atomic E-state index is 0.349. The van der Waals surface area contributed by atoms with Crippen LogP contribution < -0.4 is 9.47 Å². The van der Waals surface area contributed by atoms with Crippen LogP contribution in [0.5, 0.6) is 11.5 Å². The van der Waals surface area contributed by atoms with Gasteiger partial charge in [-0.05, 0) is 54.7 Å². The number of hydrogen-bond acceptors (Lipinski definition) is 3. The van der Waals surface area contributed by atoms with Gasteiger partial charge >= 0.3 is 5.97 Å². The van der Waals surface area contributed by atoms with Gasteiger partial charge in [0.05, 0.1) is 6.61 Å². The first-order valence-corrected chi connectivity index (χ1v) is 8.62. The standard InChI is InChI=1S/C20H23ClO3/c1-4-23-17-9-5-15(6-10-17)16-7-11-18(12-8-16)24-20(22)19(21)13-14(2)3/h5-12,14,19H,4,13H2,1-3H3. The van der Waals surface area contributed by atoms with Crippen molar-refractivity contribution in [2.24, 2.45) is 5.92 Å². The summed E-state index contributed by atoms with van der Waals surface area (Å²) in [5.74, 6) is 1.30. The predicted octanol–water partition coefficient (Wildman–Crippen LogP) is 5.31. The zero-order valence-corrected chi connectivity index (χ0v) is 15.0. The molecule has 0 aliphatic heterocycles. The third-order valence-corrected chi connectivity index (χ3v) is 3.86. The van der Waals surface area contributed by atoms with Gasteiger partial charge in [-0.1, -0.05) is 38.1 Å². The van der Waals surface area contributed by atoms with E-state index in [1.165, 1.54) is 0 Å². The second kappa shape index (κ2) is 8.74. The third kappa shape index (κ3) is 5.27. The van der Waals surface area contributed by atoms with Crippen LogP contribution in [-0.4, -0.2) is 18.0 Å². The lowest BCUT2D eigenvalue weighted by atomic mass is 10.1. The molecule has 1 unspecified atom stereocenters. The van der Waals surface area contributed by atoms with Crippen molar-refractivity contribution in [3.8, 4) is 22.6 Å². The molecular weight excluding hydrogens is 324 g/mol. The Balaban J connectivity index is 2.01. The molecule has 0 aliphatic carbocycles. The molecular formula is C20H23ClO3. The summed E-state index contributed by atoms with van der Waals surface area (Å²) >= 11 is 6.06. The van der Waals surface area contributed by atoms with Crippen LogP contribution in [0.1, 0.15) is 27.2 Å². The zero-order valence-electron chi connectivity index (χ0n) is 14.3. The molecule has 1 atom stereocenters. The SMILES string of the molecule is CCOc1ccc(-c2ccc(OC(=O)C(Cl)CC(C)C)cc2)cc1. The molecule has 2 aromatic rings. The number of ether oxygens (including phenoxy) is 2. The average Bonchev–Trinajstić information content (AvgIpc) is 2.56. The van der Waals surface area contributed by atoms with E-state index in [4.69, 9.17) is 21.1 Å². The van der Waals surface area contributed by atoms with Crippen molar-refractivity contribution in [1.82, 2.24) is 0 Å². The van der Waals surface area contributed by atoms with Gasteiger partial charge in [-0.15, -0.1) is 11.6 Å². The molecule has 3 nitrogen and oxygen atoms in total. The summed E-state index contributed by atoms with van der Waals surface area (Å²) in [4.78, 5) is 11.9. The minimum Gasteiger partial charge on any atom is -0.494 e. The second-order valence-electron chi connectivity index (χ2n) is 6.00. The zero-order chi connectivity index (χ0) is 17.5. The Hall–Kier alpha value is -2.00. The molecule has 2 rings (SSSR count). The first kappa shape index (κ1) is 18.3. The highest BCUT2D eigenvalue weighted by molar-refractivity contribution is 6.30. The molecule has 0 aromatic heterocycles. The number of benzene rings is 2. The Labute approximate surface area is 148 Å². The number of halogens is 1. The summed E-state index contributed by atoms with van der Waals surface area (Å²) in [6, 6.07) is 15.3. The number of alkyl halides is 1. The van der Waals surface area contributed by atoms with Crippen LogP contribution in [0.3, 0.4) is 0 Å². The van der Waals surface area contributed by atoms with Gasteiger partial charge in [0, 0.05) is 0 Å². The highest BCUT2D eigenvalue weighted by Gasteiger charge is 2.19. The van der Waals surface area contributed by atoms with Gasteiger partial charge < -0.3 is 9.47 Å². The molecule has 0 heterocycles. The van der Waals surface area contributed by atoms with Crippen LogP contribution in [0.2, 0.25) is 0 Å². The van der Waals surface area contributed by atoms with Crippen LogP contribution in [0, 0.1) is 5.92 Å². The van der Waals surface area contributed by atoms with Crippen molar-refractivity contribution >= 4 is 17.6 Å². The Morgan fingerprint density at radius 1 is 0.958 bits per heavy atom. The Morgan fingerprint density at radius 2 is 1.46 bits per heavy atom. The van der Waals surface area contributed by atoms with Gasteiger partial charge in [0.15, 0.2) is 0 Å². The molecule has 128 valence electrons. The fourth-order valence-corrected chi connectivity index (χ4v) is 2.72. The molecule has 0 saturated carbocycles. The van der Waals surface area contributed by atoms with Gasteiger partial charge in [-0.2, -0.15) is 0 Å². The highest BCUT2D eigenvalue weighted by Crippen LogP contribution is 2.25.